The Labute approximate surface area is 99.1 Å². The molecule has 1 unspecified atom stereocenters. The Morgan fingerprint density at radius 3 is 2.75 bits per heavy atom. The molecule has 1 aliphatic rings. The van der Waals surface area contributed by atoms with E-state index in [-0.39, 0.29) is 11.6 Å². The maximum Gasteiger partial charge on any atom is 0.306 e. The van der Waals surface area contributed by atoms with E-state index in [4.69, 9.17) is 4.74 Å². The molecular formula is C14H24O2. The van der Waals surface area contributed by atoms with E-state index in [1.165, 1.54) is 5.57 Å². The van der Waals surface area contributed by atoms with Gasteiger partial charge in [-0.3, -0.25) is 4.79 Å². The van der Waals surface area contributed by atoms with Crippen LogP contribution in [0.15, 0.2) is 11.6 Å². The number of esters is 1. The van der Waals surface area contributed by atoms with Crippen molar-refractivity contribution < 1.29 is 9.53 Å². The van der Waals surface area contributed by atoms with E-state index in [0.29, 0.717) is 12.3 Å². The third-order valence-electron chi connectivity index (χ3n) is 3.45. The molecule has 0 fully saturated rings. The first-order valence-electron chi connectivity index (χ1n) is 6.33. The topological polar surface area (TPSA) is 26.3 Å². The minimum Gasteiger partial charge on any atom is -0.459 e. The first-order chi connectivity index (χ1) is 7.45. The van der Waals surface area contributed by atoms with Gasteiger partial charge in [0.1, 0.15) is 5.60 Å². The van der Waals surface area contributed by atoms with Crippen molar-refractivity contribution in [1.82, 2.24) is 0 Å². The summed E-state index contributed by atoms with van der Waals surface area (Å²) in [4.78, 5) is 11.5. The Bertz CT molecular complexity index is 276. The van der Waals surface area contributed by atoms with Crippen molar-refractivity contribution in [2.45, 2.75) is 65.4 Å². The monoisotopic (exact) mass is 224 g/mol. The zero-order chi connectivity index (χ0) is 12.2. The van der Waals surface area contributed by atoms with Crippen LogP contribution in [0, 0.1) is 5.92 Å². The summed E-state index contributed by atoms with van der Waals surface area (Å²) in [7, 11) is 0. The highest BCUT2D eigenvalue weighted by Gasteiger charge is 2.33. The predicted octanol–water partition coefficient (Wildman–Crippen LogP) is 3.85. The van der Waals surface area contributed by atoms with Crippen LogP contribution in [-0.2, 0) is 9.53 Å². The van der Waals surface area contributed by atoms with Crippen molar-refractivity contribution in [2.24, 2.45) is 5.92 Å². The van der Waals surface area contributed by atoms with Crippen molar-refractivity contribution in [3.05, 3.63) is 11.6 Å². The Hall–Kier alpha value is -0.790. The van der Waals surface area contributed by atoms with E-state index in [9.17, 15) is 4.79 Å². The second-order valence-corrected chi connectivity index (χ2v) is 5.35. The second-order valence-electron chi connectivity index (χ2n) is 5.35. The van der Waals surface area contributed by atoms with Crippen molar-refractivity contribution in [1.29, 1.82) is 0 Å². The molecule has 0 amide bonds. The molecule has 0 spiro atoms. The number of ether oxygens (including phenoxy) is 1. The summed E-state index contributed by atoms with van der Waals surface area (Å²) in [6.45, 7) is 8.26. The average Bonchev–Trinajstić information content (AvgIpc) is 2.17. The van der Waals surface area contributed by atoms with Gasteiger partial charge in [0.15, 0.2) is 0 Å². The molecule has 92 valence electrons. The molecule has 0 N–H and O–H groups in total. The quantitative estimate of drug-likeness (QED) is 0.535. The van der Waals surface area contributed by atoms with Gasteiger partial charge in [0.25, 0.3) is 0 Å². The van der Waals surface area contributed by atoms with Crippen LogP contribution in [0.2, 0.25) is 0 Å². The molecule has 0 aromatic carbocycles. The van der Waals surface area contributed by atoms with Gasteiger partial charge < -0.3 is 4.74 Å². The van der Waals surface area contributed by atoms with Gasteiger partial charge in [-0.25, -0.2) is 0 Å². The Balaban J connectivity index is 2.53. The Morgan fingerprint density at radius 1 is 1.56 bits per heavy atom. The first kappa shape index (κ1) is 13.3. The smallest absolute Gasteiger partial charge is 0.306 e. The van der Waals surface area contributed by atoms with Gasteiger partial charge in [-0.05, 0) is 46.5 Å². The lowest BCUT2D eigenvalue weighted by atomic mass is 9.79. The van der Waals surface area contributed by atoms with Crippen LogP contribution in [0.4, 0.5) is 0 Å². The molecule has 0 bridgehead atoms. The minimum absolute atomic E-state index is 0.0567. The van der Waals surface area contributed by atoms with Crippen molar-refractivity contribution >= 4 is 5.97 Å². The van der Waals surface area contributed by atoms with Crippen molar-refractivity contribution in [3.63, 3.8) is 0 Å². The molecule has 2 heteroatoms. The first-order valence-corrected chi connectivity index (χ1v) is 6.33. The van der Waals surface area contributed by atoms with Crippen LogP contribution in [0.5, 0.6) is 0 Å². The molecule has 0 aromatic heterocycles. The van der Waals surface area contributed by atoms with Crippen LogP contribution in [0.25, 0.3) is 0 Å². The highest BCUT2D eigenvalue weighted by Crippen LogP contribution is 2.34. The second kappa shape index (κ2) is 5.51. The van der Waals surface area contributed by atoms with E-state index in [1.807, 2.05) is 20.8 Å². The maximum atomic E-state index is 11.5. The molecule has 16 heavy (non-hydrogen) atoms. The van der Waals surface area contributed by atoms with Crippen LogP contribution >= 0.6 is 0 Å². The normalized spacial score (nSPS) is 21.5. The van der Waals surface area contributed by atoms with Gasteiger partial charge in [0.05, 0.1) is 0 Å². The summed E-state index contributed by atoms with van der Waals surface area (Å²) in [5, 5.41) is 0. The molecule has 2 nitrogen and oxygen atoms in total. The Kier molecular flexibility index (Phi) is 4.57. The van der Waals surface area contributed by atoms with Gasteiger partial charge in [0.2, 0.25) is 0 Å². The van der Waals surface area contributed by atoms with E-state index < -0.39 is 0 Å². The zero-order valence-electron chi connectivity index (χ0n) is 11.0. The van der Waals surface area contributed by atoms with Crippen LogP contribution in [0.3, 0.4) is 0 Å². The lowest BCUT2D eigenvalue weighted by Crippen LogP contribution is -2.37. The maximum absolute atomic E-state index is 11.5. The summed E-state index contributed by atoms with van der Waals surface area (Å²) in [6, 6.07) is 0. The van der Waals surface area contributed by atoms with Crippen molar-refractivity contribution in [3.8, 4) is 0 Å². The van der Waals surface area contributed by atoms with Crippen LogP contribution in [0.1, 0.15) is 59.8 Å². The van der Waals surface area contributed by atoms with Crippen LogP contribution < -0.4 is 0 Å². The highest BCUT2D eigenvalue weighted by atomic mass is 16.6. The molecule has 0 aromatic rings. The molecule has 0 heterocycles. The Morgan fingerprint density at radius 2 is 2.25 bits per heavy atom. The van der Waals surface area contributed by atoms with E-state index >= 15 is 0 Å². The third kappa shape index (κ3) is 3.66. The molecule has 1 aliphatic carbocycles. The SMILES string of the molecule is CCCC(=O)OC(C)(C)C1CC=C(C)CC1. The molecule has 0 saturated heterocycles. The number of carbonyl (C=O) groups is 1. The fourth-order valence-electron chi connectivity index (χ4n) is 2.23. The molecule has 1 rings (SSSR count). The number of allylic oxidation sites excluding steroid dienone is 2. The summed E-state index contributed by atoms with van der Waals surface area (Å²) in [5.41, 5.74) is 1.15. The van der Waals surface area contributed by atoms with Crippen LogP contribution in [-0.4, -0.2) is 11.6 Å². The molecule has 0 radical (unpaired) electrons. The summed E-state index contributed by atoms with van der Waals surface area (Å²) in [6.07, 6.45) is 6.99. The fraction of sp³-hybridized carbons (Fsp3) is 0.786. The standard InChI is InChI=1S/C14H24O2/c1-5-6-13(15)16-14(3,4)12-9-7-11(2)8-10-12/h7,12H,5-6,8-10H2,1-4H3. The minimum atomic E-state index is -0.316. The van der Waals surface area contributed by atoms with E-state index in [2.05, 4.69) is 13.0 Å². The number of carbonyl (C=O) groups excluding carboxylic acids is 1. The van der Waals surface area contributed by atoms with E-state index in [0.717, 1.165) is 25.7 Å². The fourth-order valence-corrected chi connectivity index (χ4v) is 2.23. The van der Waals surface area contributed by atoms with Gasteiger partial charge in [-0.2, -0.15) is 0 Å². The summed E-state index contributed by atoms with van der Waals surface area (Å²) >= 11 is 0. The molecule has 0 aliphatic heterocycles. The largest absolute Gasteiger partial charge is 0.459 e. The average molecular weight is 224 g/mol. The van der Waals surface area contributed by atoms with Crippen molar-refractivity contribution in [2.75, 3.05) is 0 Å². The lowest BCUT2D eigenvalue weighted by Gasteiger charge is -2.35. The van der Waals surface area contributed by atoms with E-state index in [1.54, 1.807) is 0 Å². The number of hydrogen-bond donors (Lipinski definition) is 0. The number of rotatable bonds is 4. The molecule has 0 saturated carbocycles. The zero-order valence-corrected chi connectivity index (χ0v) is 11.0. The van der Waals surface area contributed by atoms with Gasteiger partial charge in [-0.15, -0.1) is 0 Å². The predicted molar refractivity (Wildman–Crippen MR) is 66.2 cm³/mol. The molecule has 1 atom stereocenters. The van der Waals surface area contributed by atoms with Gasteiger partial charge in [0, 0.05) is 12.3 Å². The van der Waals surface area contributed by atoms with Gasteiger partial charge >= 0.3 is 5.97 Å². The van der Waals surface area contributed by atoms with Gasteiger partial charge in [-0.1, -0.05) is 18.6 Å². The third-order valence-corrected chi connectivity index (χ3v) is 3.45. The summed E-state index contributed by atoms with van der Waals surface area (Å²) in [5.74, 6) is 0.413. The highest BCUT2D eigenvalue weighted by molar-refractivity contribution is 5.69. The number of hydrogen-bond acceptors (Lipinski definition) is 2. The lowest BCUT2D eigenvalue weighted by molar-refractivity contribution is -0.162. The molecular weight excluding hydrogens is 200 g/mol. The summed E-state index contributed by atoms with van der Waals surface area (Å²) < 4.78 is 5.58.